The molecule has 0 saturated carbocycles. The highest BCUT2D eigenvalue weighted by molar-refractivity contribution is 5.73. The number of H-pyrrole nitrogens is 1. The second kappa shape index (κ2) is 5.65. The number of rotatable bonds is 6. The van der Waals surface area contributed by atoms with Crippen LogP contribution in [0.4, 0.5) is 0 Å². The largest absolute Gasteiger partial charge is 0.480 e. The average Bonchev–Trinajstić information content (AvgIpc) is 2.57. The summed E-state index contributed by atoms with van der Waals surface area (Å²) in [7, 11) is 0. The quantitative estimate of drug-likeness (QED) is 0.682. The van der Waals surface area contributed by atoms with Gasteiger partial charge in [0, 0.05) is 12.2 Å². The summed E-state index contributed by atoms with van der Waals surface area (Å²) in [6.45, 7) is 6.43. The van der Waals surface area contributed by atoms with Crippen LogP contribution in [0.1, 0.15) is 31.7 Å². The van der Waals surface area contributed by atoms with E-state index in [0.717, 1.165) is 11.4 Å². The van der Waals surface area contributed by atoms with Crippen molar-refractivity contribution < 1.29 is 9.90 Å². The third-order valence-corrected chi connectivity index (χ3v) is 2.46. The van der Waals surface area contributed by atoms with E-state index in [0.29, 0.717) is 18.9 Å². The summed E-state index contributed by atoms with van der Waals surface area (Å²) in [4.78, 5) is 18.1. The number of hydrogen-bond acceptors (Lipinski definition) is 3. The standard InChI is InChI=1S/C11H19N3O2/c1-7(2)4-9(11(15)16)12-5-10-8(3)13-6-14-10/h6-7,9,12H,4-5H2,1-3H3,(H,13,14)(H,15,16). The first-order valence-corrected chi connectivity index (χ1v) is 5.45. The molecule has 5 nitrogen and oxygen atoms in total. The lowest BCUT2D eigenvalue weighted by atomic mass is 10.0. The van der Waals surface area contributed by atoms with E-state index in [2.05, 4.69) is 15.3 Å². The number of carbonyl (C=O) groups is 1. The van der Waals surface area contributed by atoms with Gasteiger partial charge in [-0.25, -0.2) is 4.98 Å². The topological polar surface area (TPSA) is 78.0 Å². The van der Waals surface area contributed by atoms with Gasteiger partial charge in [0.2, 0.25) is 0 Å². The Kier molecular flexibility index (Phi) is 4.49. The molecule has 0 aliphatic carbocycles. The highest BCUT2D eigenvalue weighted by Crippen LogP contribution is 2.07. The van der Waals surface area contributed by atoms with Crippen molar-refractivity contribution in [2.45, 2.75) is 39.8 Å². The minimum atomic E-state index is -0.804. The molecule has 90 valence electrons. The van der Waals surface area contributed by atoms with Crippen molar-refractivity contribution in [3.8, 4) is 0 Å². The Balaban J connectivity index is 2.50. The zero-order valence-electron chi connectivity index (χ0n) is 9.95. The Morgan fingerprint density at radius 3 is 2.75 bits per heavy atom. The van der Waals surface area contributed by atoms with Crippen LogP contribution in [0.3, 0.4) is 0 Å². The van der Waals surface area contributed by atoms with Crippen LogP contribution in [0.2, 0.25) is 0 Å². The van der Waals surface area contributed by atoms with Crippen molar-refractivity contribution in [1.82, 2.24) is 15.3 Å². The SMILES string of the molecule is Cc1[nH]cnc1CNC(CC(C)C)C(=O)O. The predicted octanol–water partition coefficient (Wildman–Crippen LogP) is 1.31. The number of aliphatic carboxylic acids is 1. The minimum Gasteiger partial charge on any atom is -0.480 e. The number of aromatic amines is 1. The third kappa shape index (κ3) is 3.66. The normalized spacial score (nSPS) is 13.0. The Hall–Kier alpha value is -1.36. The van der Waals surface area contributed by atoms with E-state index in [1.54, 1.807) is 6.33 Å². The molecule has 0 aromatic carbocycles. The third-order valence-electron chi connectivity index (χ3n) is 2.46. The van der Waals surface area contributed by atoms with Gasteiger partial charge in [-0.15, -0.1) is 0 Å². The minimum absolute atomic E-state index is 0.355. The second-order valence-corrected chi connectivity index (χ2v) is 4.38. The van der Waals surface area contributed by atoms with Crippen molar-refractivity contribution in [3.63, 3.8) is 0 Å². The van der Waals surface area contributed by atoms with Gasteiger partial charge in [0.15, 0.2) is 0 Å². The number of aromatic nitrogens is 2. The molecule has 16 heavy (non-hydrogen) atoms. The Morgan fingerprint density at radius 1 is 1.62 bits per heavy atom. The number of nitrogens with one attached hydrogen (secondary N) is 2. The van der Waals surface area contributed by atoms with Crippen LogP contribution in [0.25, 0.3) is 0 Å². The molecule has 5 heteroatoms. The van der Waals surface area contributed by atoms with Gasteiger partial charge >= 0.3 is 5.97 Å². The summed E-state index contributed by atoms with van der Waals surface area (Å²) in [5.74, 6) is -0.448. The summed E-state index contributed by atoms with van der Waals surface area (Å²) in [5.41, 5.74) is 1.84. The summed E-state index contributed by atoms with van der Waals surface area (Å²) in [6, 6.07) is -0.504. The van der Waals surface area contributed by atoms with Crippen molar-refractivity contribution in [1.29, 1.82) is 0 Å². The molecule has 3 N–H and O–H groups in total. The molecule has 0 radical (unpaired) electrons. The maximum atomic E-state index is 11.0. The molecule has 0 amide bonds. The molecule has 1 aromatic heterocycles. The molecular formula is C11H19N3O2. The van der Waals surface area contributed by atoms with Gasteiger partial charge in [-0.2, -0.15) is 0 Å². The van der Waals surface area contributed by atoms with E-state index < -0.39 is 12.0 Å². The summed E-state index contributed by atoms with van der Waals surface area (Å²) < 4.78 is 0. The highest BCUT2D eigenvalue weighted by atomic mass is 16.4. The number of carboxylic acids is 1. The van der Waals surface area contributed by atoms with E-state index in [1.165, 1.54) is 0 Å². The van der Waals surface area contributed by atoms with E-state index in [9.17, 15) is 4.79 Å². The first-order chi connectivity index (χ1) is 7.50. The molecule has 0 saturated heterocycles. The lowest BCUT2D eigenvalue weighted by molar-refractivity contribution is -0.140. The van der Waals surface area contributed by atoms with Gasteiger partial charge < -0.3 is 10.1 Å². The lowest BCUT2D eigenvalue weighted by Crippen LogP contribution is -2.37. The van der Waals surface area contributed by atoms with Gasteiger partial charge in [-0.1, -0.05) is 13.8 Å². The number of nitrogens with zero attached hydrogens (tertiary/aromatic N) is 1. The molecule has 0 aliphatic rings. The van der Waals surface area contributed by atoms with Crippen LogP contribution in [0.15, 0.2) is 6.33 Å². The number of aryl methyl sites for hydroxylation is 1. The van der Waals surface area contributed by atoms with Crippen molar-refractivity contribution in [2.75, 3.05) is 0 Å². The monoisotopic (exact) mass is 225 g/mol. The summed E-state index contributed by atoms with van der Waals surface area (Å²) in [6.07, 6.45) is 2.24. The van der Waals surface area contributed by atoms with Gasteiger partial charge in [-0.3, -0.25) is 10.1 Å². The van der Waals surface area contributed by atoms with Crippen LogP contribution >= 0.6 is 0 Å². The second-order valence-electron chi connectivity index (χ2n) is 4.38. The van der Waals surface area contributed by atoms with Crippen LogP contribution < -0.4 is 5.32 Å². The molecule has 1 aromatic rings. The molecule has 0 spiro atoms. The van der Waals surface area contributed by atoms with Crippen LogP contribution in [-0.2, 0) is 11.3 Å². The molecular weight excluding hydrogens is 206 g/mol. The van der Waals surface area contributed by atoms with Gasteiger partial charge in [0.1, 0.15) is 6.04 Å². The van der Waals surface area contributed by atoms with Crippen LogP contribution in [0, 0.1) is 12.8 Å². The molecule has 0 bridgehead atoms. The first kappa shape index (κ1) is 12.7. The van der Waals surface area contributed by atoms with Crippen LogP contribution in [-0.4, -0.2) is 27.1 Å². The number of imidazole rings is 1. The first-order valence-electron chi connectivity index (χ1n) is 5.45. The zero-order valence-corrected chi connectivity index (χ0v) is 9.95. The lowest BCUT2D eigenvalue weighted by Gasteiger charge is -2.15. The number of carboxylic acid groups (broad SMARTS) is 1. The maximum Gasteiger partial charge on any atom is 0.320 e. The highest BCUT2D eigenvalue weighted by Gasteiger charge is 2.18. The predicted molar refractivity (Wildman–Crippen MR) is 61.0 cm³/mol. The average molecular weight is 225 g/mol. The maximum absolute atomic E-state index is 11.0. The Bertz CT molecular complexity index is 347. The van der Waals surface area contributed by atoms with E-state index in [-0.39, 0.29) is 0 Å². The molecule has 1 rings (SSSR count). The van der Waals surface area contributed by atoms with E-state index >= 15 is 0 Å². The fourth-order valence-electron chi connectivity index (χ4n) is 1.53. The Morgan fingerprint density at radius 2 is 2.31 bits per heavy atom. The Labute approximate surface area is 95.3 Å². The fourth-order valence-corrected chi connectivity index (χ4v) is 1.53. The fraction of sp³-hybridized carbons (Fsp3) is 0.636. The van der Waals surface area contributed by atoms with Crippen LogP contribution in [0.5, 0.6) is 0 Å². The molecule has 1 heterocycles. The summed E-state index contributed by atoms with van der Waals surface area (Å²) in [5, 5.41) is 12.0. The van der Waals surface area contributed by atoms with Crippen molar-refractivity contribution >= 4 is 5.97 Å². The molecule has 0 fully saturated rings. The molecule has 1 unspecified atom stereocenters. The van der Waals surface area contributed by atoms with E-state index in [4.69, 9.17) is 5.11 Å². The van der Waals surface area contributed by atoms with E-state index in [1.807, 2.05) is 20.8 Å². The van der Waals surface area contributed by atoms with Gasteiger partial charge in [0.05, 0.1) is 12.0 Å². The van der Waals surface area contributed by atoms with Crippen molar-refractivity contribution in [2.24, 2.45) is 5.92 Å². The molecule has 0 aliphatic heterocycles. The zero-order chi connectivity index (χ0) is 12.1. The summed E-state index contributed by atoms with van der Waals surface area (Å²) >= 11 is 0. The van der Waals surface area contributed by atoms with Crippen molar-refractivity contribution in [3.05, 3.63) is 17.7 Å². The molecule has 1 atom stereocenters. The van der Waals surface area contributed by atoms with Gasteiger partial charge in [-0.05, 0) is 19.3 Å². The van der Waals surface area contributed by atoms with Gasteiger partial charge in [0.25, 0.3) is 0 Å². The smallest absolute Gasteiger partial charge is 0.320 e. The number of hydrogen-bond donors (Lipinski definition) is 3.